The van der Waals surface area contributed by atoms with Gasteiger partial charge in [-0.15, -0.1) is 0 Å². The summed E-state index contributed by atoms with van der Waals surface area (Å²) in [7, 11) is 1.46. The molecule has 0 heterocycles. The van der Waals surface area contributed by atoms with Crippen LogP contribution in [-0.4, -0.2) is 31.1 Å². The molecule has 5 nitrogen and oxygen atoms in total. The van der Waals surface area contributed by atoms with E-state index in [-0.39, 0.29) is 12.6 Å². The summed E-state index contributed by atoms with van der Waals surface area (Å²) in [6, 6.07) is 4.21. The van der Waals surface area contributed by atoms with Gasteiger partial charge < -0.3 is 19.9 Å². The normalized spacial score (nSPS) is 21.7. The molecular formula is C12H14FNO4. The molecule has 18 heavy (non-hydrogen) atoms. The molecule has 0 saturated carbocycles. The molecule has 98 valence electrons. The fourth-order valence-electron chi connectivity index (χ4n) is 2.25. The van der Waals surface area contributed by atoms with Gasteiger partial charge in [0.05, 0.1) is 6.04 Å². The lowest BCUT2D eigenvalue weighted by atomic mass is 10.1. The van der Waals surface area contributed by atoms with E-state index in [9.17, 15) is 9.18 Å². The third-order valence-corrected chi connectivity index (χ3v) is 2.91. The fourth-order valence-corrected chi connectivity index (χ4v) is 2.25. The van der Waals surface area contributed by atoms with Gasteiger partial charge in [-0.05, 0) is 18.1 Å². The zero-order valence-electron chi connectivity index (χ0n) is 9.85. The van der Waals surface area contributed by atoms with Gasteiger partial charge in [-0.2, -0.15) is 0 Å². The summed E-state index contributed by atoms with van der Waals surface area (Å²) in [6.07, 6.45) is -1.40. The van der Waals surface area contributed by atoms with Crippen molar-refractivity contribution in [3.63, 3.8) is 0 Å². The highest BCUT2D eigenvalue weighted by molar-refractivity contribution is 5.65. The Hall–Kier alpha value is -1.66. The summed E-state index contributed by atoms with van der Waals surface area (Å²) in [6.45, 7) is -0.0176. The van der Waals surface area contributed by atoms with Gasteiger partial charge in [-0.1, -0.05) is 12.1 Å². The summed E-state index contributed by atoms with van der Waals surface area (Å²) in [4.78, 5) is 10.7. The minimum atomic E-state index is -1.15. The number of hydrogen-bond acceptors (Lipinski definition) is 3. The van der Waals surface area contributed by atoms with E-state index < -0.39 is 18.2 Å². The molecule has 6 heteroatoms. The Morgan fingerprint density at radius 3 is 3.06 bits per heavy atom. The predicted molar refractivity (Wildman–Crippen MR) is 60.8 cm³/mol. The van der Waals surface area contributed by atoms with E-state index >= 15 is 0 Å². The summed E-state index contributed by atoms with van der Waals surface area (Å²) in [5.41, 5.74) is 1.17. The lowest BCUT2D eigenvalue weighted by molar-refractivity contribution is -0.0814. The first-order valence-electron chi connectivity index (χ1n) is 5.50. The molecular weight excluding hydrogens is 241 g/mol. The Balaban J connectivity index is 2.26. The molecule has 1 aromatic carbocycles. The molecule has 2 N–H and O–H groups in total. The lowest BCUT2D eigenvalue weighted by Crippen LogP contribution is -2.38. The van der Waals surface area contributed by atoms with Gasteiger partial charge in [0.25, 0.3) is 0 Å². The molecule has 0 saturated heterocycles. The number of methoxy groups -OCH3 is 1. The van der Waals surface area contributed by atoms with Crippen molar-refractivity contribution >= 4 is 6.09 Å². The molecule has 0 unspecified atom stereocenters. The van der Waals surface area contributed by atoms with Gasteiger partial charge in [-0.3, -0.25) is 0 Å². The van der Waals surface area contributed by atoms with Crippen LogP contribution in [0.4, 0.5) is 9.18 Å². The topological polar surface area (TPSA) is 67.8 Å². The average Bonchev–Trinajstić information content (AvgIpc) is 2.64. The number of carbonyl (C=O) groups is 1. The predicted octanol–water partition coefficient (Wildman–Crippen LogP) is 1.68. The zero-order chi connectivity index (χ0) is 13.1. The van der Waals surface area contributed by atoms with Crippen LogP contribution in [0.1, 0.15) is 17.2 Å². The molecule has 1 aromatic rings. The van der Waals surface area contributed by atoms with Crippen LogP contribution in [0.15, 0.2) is 18.2 Å². The van der Waals surface area contributed by atoms with Crippen molar-refractivity contribution in [3.8, 4) is 0 Å². The molecule has 0 fully saturated rings. The van der Waals surface area contributed by atoms with Crippen molar-refractivity contribution in [2.45, 2.75) is 18.6 Å². The number of rotatable bonds is 4. The first-order chi connectivity index (χ1) is 8.63. The SMILES string of the molecule is COCO[C@@H]1c2c(F)cccc2C[C@@H]1NC(=O)O. The van der Waals surface area contributed by atoms with Crippen LogP contribution in [0, 0.1) is 5.82 Å². The molecule has 0 aliphatic heterocycles. The number of halogens is 1. The summed E-state index contributed by atoms with van der Waals surface area (Å²) in [5.74, 6) is -0.386. The van der Waals surface area contributed by atoms with Crippen LogP contribution in [0.3, 0.4) is 0 Å². The van der Waals surface area contributed by atoms with Gasteiger partial charge in [0.2, 0.25) is 0 Å². The first-order valence-corrected chi connectivity index (χ1v) is 5.50. The molecule has 0 bridgehead atoms. The Kier molecular flexibility index (Phi) is 3.78. The minimum absolute atomic E-state index is 0.0176. The van der Waals surface area contributed by atoms with E-state index in [1.54, 1.807) is 12.1 Å². The molecule has 0 radical (unpaired) electrons. The highest BCUT2D eigenvalue weighted by Crippen LogP contribution is 2.36. The van der Waals surface area contributed by atoms with E-state index in [2.05, 4.69) is 5.32 Å². The maximum absolute atomic E-state index is 13.8. The standard InChI is InChI=1S/C12H14FNO4/c1-17-6-18-11-9(14-12(15)16)5-7-3-2-4-8(13)10(7)11/h2-4,9,11,14H,5-6H2,1H3,(H,15,16)/t9-,11-/m0/s1. The quantitative estimate of drug-likeness (QED) is 0.803. The second-order valence-electron chi connectivity index (χ2n) is 4.07. The monoisotopic (exact) mass is 255 g/mol. The van der Waals surface area contributed by atoms with Crippen molar-refractivity contribution < 1.29 is 23.8 Å². The third-order valence-electron chi connectivity index (χ3n) is 2.91. The van der Waals surface area contributed by atoms with Crippen LogP contribution >= 0.6 is 0 Å². The largest absolute Gasteiger partial charge is 0.465 e. The van der Waals surface area contributed by atoms with E-state index in [1.165, 1.54) is 13.2 Å². The van der Waals surface area contributed by atoms with Crippen molar-refractivity contribution in [1.82, 2.24) is 5.32 Å². The Morgan fingerprint density at radius 1 is 1.61 bits per heavy atom. The summed E-state index contributed by atoms with van der Waals surface area (Å²) >= 11 is 0. The average molecular weight is 255 g/mol. The van der Waals surface area contributed by atoms with Crippen LogP contribution in [0.2, 0.25) is 0 Å². The Morgan fingerprint density at radius 2 is 2.39 bits per heavy atom. The number of fused-ring (bicyclic) bond motifs is 1. The Labute approximate surface area is 104 Å². The second-order valence-corrected chi connectivity index (χ2v) is 4.07. The number of benzene rings is 1. The maximum Gasteiger partial charge on any atom is 0.404 e. The van der Waals surface area contributed by atoms with Crippen LogP contribution < -0.4 is 5.32 Å². The van der Waals surface area contributed by atoms with Gasteiger partial charge in [0.15, 0.2) is 0 Å². The zero-order valence-corrected chi connectivity index (χ0v) is 9.85. The van der Waals surface area contributed by atoms with Gasteiger partial charge in [0.1, 0.15) is 18.7 Å². The van der Waals surface area contributed by atoms with Gasteiger partial charge in [-0.25, -0.2) is 9.18 Å². The molecule has 1 aliphatic carbocycles. The Bertz CT molecular complexity index is 452. The maximum atomic E-state index is 13.8. The number of carboxylic acid groups (broad SMARTS) is 1. The lowest BCUT2D eigenvalue weighted by Gasteiger charge is -2.20. The molecule has 2 rings (SSSR count). The van der Waals surface area contributed by atoms with E-state index in [1.807, 2.05) is 0 Å². The van der Waals surface area contributed by atoms with Crippen LogP contribution in [-0.2, 0) is 15.9 Å². The van der Waals surface area contributed by atoms with Gasteiger partial charge in [0, 0.05) is 12.7 Å². The summed E-state index contributed by atoms with van der Waals surface area (Å²) in [5, 5.41) is 11.1. The highest BCUT2D eigenvalue weighted by atomic mass is 19.1. The van der Waals surface area contributed by atoms with Crippen molar-refractivity contribution in [1.29, 1.82) is 0 Å². The fraction of sp³-hybridized carbons (Fsp3) is 0.417. The molecule has 0 aromatic heterocycles. The number of amides is 1. The van der Waals surface area contributed by atoms with E-state index in [0.29, 0.717) is 12.0 Å². The highest BCUT2D eigenvalue weighted by Gasteiger charge is 2.36. The van der Waals surface area contributed by atoms with Crippen LogP contribution in [0.25, 0.3) is 0 Å². The van der Waals surface area contributed by atoms with Crippen molar-refractivity contribution in [3.05, 3.63) is 35.1 Å². The molecule has 0 spiro atoms. The third kappa shape index (κ3) is 2.44. The van der Waals surface area contributed by atoms with Crippen molar-refractivity contribution in [2.24, 2.45) is 0 Å². The van der Waals surface area contributed by atoms with E-state index in [0.717, 1.165) is 5.56 Å². The molecule has 1 aliphatic rings. The molecule has 2 atom stereocenters. The summed E-state index contributed by atoms with van der Waals surface area (Å²) < 4.78 is 24.0. The number of hydrogen-bond donors (Lipinski definition) is 2. The molecule has 1 amide bonds. The van der Waals surface area contributed by atoms with Crippen molar-refractivity contribution in [2.75, 3.05) is 13.9 Å². The number of ether oxygens (including phenoxy) is 2. The number of nitrogens with one attached hydrogen (secondary N) is 1. The second kappa shape index (κ2) is 5.32. The van der Waals surface area contributed by atoms with Crippen LogP contribution in [0.5, 0.6) is 0 Å². The first kappa shape index (κ1) is 12.8. The smallest absolute Gasteiger partial charge is 0.404 e. The van der Waals surface area contributed by atoms with E-state index in [4.69, 9.17) is 14.6 Å². The van der Waals surface area contributed by atoms with Gasteiger partial charge >= 0.3 is 6.09 Å². The minimum Gasteiger partial charge on any atom is -0.465 e.